The van der Waals surface area contributed by atoms with E-state index >= 15 is 0 Å². The maximum absolute atomic E-state index is 14.1. The van der Waals surface area contributed by atoms with E-state index < -0.39 is 34.7 Å². The van der Waals surface area contributed by atoms with Crippen molar-refractivity contribution < 1.29 is 27.8 Å². The molecule has 0 saturated carbocycles. The number of carbonyl (C=O) groups excluding carboxylic acids is 2. The lowest BCUT2D eigenvalue weighted by Crippen LogP contribution is -2.20. The lowest BCUT2D eigenvalue weighted by Gasteiger charge is -2.10. The first-order chi connectivity index (χ1) is 10.5. The molecule has 0 fully saturated rings. The number of rotatable bonds is 7. The van der Waals surface area contributed by atoms with Gasteiger partial charge in [-0.2, -0.15) is 0 Å². The molecule has 1 aromatic carbocycles. The number of methoxy groups -OCH3 is 1. The summed E-state index contributed by atoms with van der Waals surface area (Å²) in [5.74, 6) is -4.60. The summed E-state index contributed by atoms with van der Waals surface area (Å²) in [4.78, 5) is 24.2. The molecule has 120 valence electrons. The molecule has 0 radical (unpaired) electrons. The molecular weight excluding hydrogens is 296 g/mol. The van der Waals surface area contributed by atoms with E-state index in [2.05, 4.69) is 10.1 Å². The van der Waals surface area contributed by atoms with Gasteiger partial charge in [-0.05, 0) is 26.0 Å². The van der Waals surface area contributed by atoms with Crippen LogP contribution in [0.5, 0.6) is 5.75 Å². The average Bonchev–Trinajstić information content (AvgIpc) is 2.48. The van der Waals surface area contributed by atoms with Crippen molar-refractivity contribution in [3.05, 3.63) is 41.1 Å². The predicted octanol–water partition coefficient (Wildman–Crippen LogP) is 2.21. The first-order valence-corrected chi connectivity index (χ1v) is 6.65. The summed E-state index contributed by atoms with van der Waals surface area (Å²) < 4.78 is 36.9. The van der Waals surface area contributed by atoms with Crippen molar-refractivity contribution in [1.29, 1.82) is 0 Å². The molecule has 0 saturated heterocycles. The molecule has 5 nitrogen and oxygen atoms in total. The lowest BCUT2D eigenvalue weighted by atomic mass is 10.0. The van der Waals surface area contributed by atoms with E-state index in [1.807, 2.05) is 0 Å². The topological polar surface area (TPSA) is 64.6 Å². The molecule has 0 aliphatic rings. The van der Waals surface area contributed by atoms with E-state index in [1.54, 1.807) is 13.8 Å². The largest absolute Gasteiger partial charge is 0.491 e. The van der Waals surface area contributed by atoms with Crippen molar-refractivity contribution in [1.82, 2.24) is 5.32 Å². The van der Waals surface area contributed by atoms with E-state index in [1.165, 1.54) is 0 Å². The van der Waals surface area contributed by atoms with Gasteiger partial charge in [-0.3, -0.25) is 4.79 Å². The Labute approximate surface area is 126 Å². The van der Waals surface area contributed by atoms with Crippen molar-refractivity contribution in [2.45, 2.75) is 13.8 Å². The van der Waals surface area contributed by atoms with Crippen LogP contribution in [0.1, 0.15) is 24.2 Å². The minimum Gasteiger partial charge on any atom is -0.491 e. The van der Waals surface area contributed by atoms with Crippen LogP contribution in [0.4, 0.5) is 8.78 Å². The van der Waals surface area contributed by atoms with Gasteiger partial charge >= 0.3 is 5.97 Å². The van der Waals surface area contributed by atoms with Crippen molar-refractivity contribution in [2.75, 3.05) is 20.3 Å². The van der Waals surface area contributed by atoms with Gasteiger partial charge in [-0.1, -0.05) is 0 Å². The maximum Gasteiger partial charge on any atom is 0.343 e. The Kier molecular flexibility index (Phi) is 6.49. The van der Waals surface area contributed by atoms with Crippen LogP contribution in [0.3, 0.4) is 0 Å². The molecule has 0 aliphatic carbocycles. The zero-order valence-corrected chi connectivity index (χ0v) is 12.5. The SMILES string of the molecule is CCNC=C(C(=O)OCC)C(=O)c1ccc(F)c(OC)c1F. The maximum atomic E-state index is 14.1. The second-order valence-electron chi connectivity index (χ2n) is 4.11. The minimum absolute atomic E-state index is 0.0603. The summed E-state index contributed by atoms with van der Waals surface area (Å²) in [6.45, 7) is 3.84. The van der Waals surface area contributed by atoms with E-state index in [0.717, 1.165) is 25.4 Å². The van der Waals surface area contributed by atoms with Gasteiger partial charge in [0.05, 0.1) is 19.3 Å². The van der Waals surface area contributed by atoms with Crippen LogP contribution in [-0.4, -0.2) is 32.0 Å². The van der Waals surface area contributed by atoms with E-state index in [9.17, 15) is 18.4 Å². The van der Waals surface area contributed by atoms with Gasteiger partial charge in [0.25, 0.3) is 0 Å². The number of esters is 1. The van der Waals surface area contributed by atoms with Gasteiger partial charge in [-0.15, -0.1) is 0 Å². The highest BCUT2D eigenvalue weighted by Crippen LogP contribution is 2.26. The highest BCUT2D eigenvalue weighted by molar-refractivity contribution is 6.24. The quantitative estimate of drug-likeness (QED) is 0.275. The normalized spacial score (nSPS) is 11.0. The number of nitrogens with one attached hydrogen (secondary N) is 1. The van der Waals surface area contributed by atoms with Crippen molar-refractivity contribution >= 4 is 11.8 Å². The number of benzene rings is 1. The van der Waals surface area contributed by atoms with Crippen molar-refractivity contribution in [3.63, 3.8) is 0 Å². The summed E-state index contributed by atoms with van der Waals surface area (Å²) in [5, 5.41) is 2.69. The molecule has 0 aliphatic heterocycles. The number of hydrogen-bond acceptors (Lipinski definition) is 5. The van der Waals surface area contributed by atoms with Crippen LogP contribution < -0.4 is 10.1 Å². The van der Waals surface area contributed by atoms with Crippen molar-refractivity contribution in [3.8, 4) is 5.75 Å². The first kappa shape index (κ1) is 17.6. The first-order valence-electron chi connectivity index (χ1n) is 6.65. The molecule has 1 aromatic rings. The fourth-order valence-electron chi connectivity index (χ4n) is 1.67. The van der Waals surface area contributed by atoms with Gasteiger partial charge in [0, 0.05) is 12.7 Å². The molecule has 7 heteroatoms. The zero-order valence-electron chi connectivity index (χ0n) is 12.5. The van der Waals surface area contributed by atoms with Crippen LogP contribution in [0.2, 0.25) is 0 Å². The Morgan fingerprint density at radius 1 is 1.27 bits per heavy atom. The van der Waals surface area contributed by atoms with Gasteiger partial charge in [-0.25, -0.2) is 13.6 Å². The molecular formula is C15H17F2NO4. The Morgan fingerprint density at radius 2 is 1.95 bits per heavy atom. The molecule has 1 rings (SSSR count). The average molecular weight is 313 g/mol. The Bertz CT molecular complexity index is 599. The Balaban J connectivity index is 3.28. The number of ketones is 1. The van der Waals surface area contributed by atoms with Crippen LogP contribution in [-0.2, 0) is 9.53 Å². The fourth-order valence-corrected chi connectivity index (χ4v) is 1.67. The second kappa shape index (κ2) is 8.11. The molecule has 22 heavy (non-hydrogen) atoms. The van der Waals surface area contributed by atoms with Gasteiger partial charge in [0.15, 0.2) is 17.4 Å². The molecule has 0 atom stereocenters. The smallest absolute Gasteiger partial charge is 0.343 e. The molecule has 0 unspecified atom stereocenters. The molecule has 0 aromatic heterocycles. The number of carbonyl (C=O) groups is 2. The Morgan fingerprint density at radius 3 is 2.50 bits per heavy atom. The zero-order chi connectivity index (χ0) is 16.7. The molecule has 0 spiro atoms. The van der Waals surface area contributed by atoms with E-state index in [4.69, 9.17) is 4.74 Å². The highest BCUT2D eigenvalue weighted by Gasteiger charge is 2.26. The lowest BCUT2D eigenvalue weighted by molar-refractivity contribution is -0.138. The van der Waals surface area contributed by atoms with Gasteiger partial charge < -0.3 is 14.8 Å². The third kappa shape index (κ3) is 3.81. The molecule has 0 bridgehead atoms. The van der Waals surface area contributed by atoms with Crippen LogP contribution in [0.25, 0.3) is 0 Å². The number of halogens is 2. The van der Waals surface area contributed by atoms with Gasteiger partial charge in [0.2, 0.25) is 5.78 Å². The molecule has 0 heterocycles. The third-order valence-electron chi connectivity index (χ3n) is 2.69. The second-order valence-corrected chi connectivity index (χ2v) is 4.11. The minimum atomic E-state index is -1.17. The summed E-state index contributed by atoms with van der Waals surface area (Å²) in [6.07, 6.45) is 1.15. The van der Waals surface area contributed by atoms with Gasteiger partial charge in [0.1, 0.15) is 5.57 Å². The molecule has 1 N–H and O–H groups in total. The predicted molar refractivity (Wildman–Crippen MR) is 75.6 cm³/mol. The van der Waals surface area contributed by atoms with E-state index in [-0.39, 0.29) is 12.2 Å². The standard InChI is InChI=1S/C15H17F2NO4/c1-4-18-8-10(15(20)22-5-2)13(19)9-6-7-11(16)14(21-3)12(9)17/h6-8,18H,4-5H2,1-3H3. The van der Waals surface area contributed by atoms with Crippen molar-refractivity contribution in [2.24, 2.45) is 0 Å². The number of hydrogen-bond donors (Lipinski definition) is 1. The van der Waals surface area contributed by atoms with E-state index in [0.29, 0.717) is 6.54 Å². The fraction of sp³-hybridized carbons (Fsp3) is 0.333. The Hall–Kier alpha value is -2.44. The van der Waals surface area contributed by atoms with Crippen LogP contribution in [0, 0.1) is 11.6 Å². The molecule has 0 amide bonds. The monoisotopic (exact) mass is 313 g/mol. The summed E-state index contributed by atoms with van der Waals surface area (Å²) in [5.41, 5.74) is -0.855. The summed E-state index contributed by atoms with van der Waals surface area (Å²) in [7, 11) is 1.08. The highest BCUT2D eigenvalue weighted by atomic mass is 19.1. The van der Waals surface area contributed by atoms with Crippen LogP contribution >= 0.6 is 0 Å². The van der Waals surface area contributed by atoms with Crippen LogP contribution in [0.15, 0.2) is 23.9 Å². The summed E-state index contributed by atoms with van der Waals surface area (Å²) >= 11 is 0. The third-order valence-corrected chi connectivity index (χ3v) is 2.69. The number of Topliss-reactive ketones (excluding diaryl/α,β-unsaturated/α-hetero) is 1. The summed E-state index contributed by atoms with van der Waals surface area (Å²) in [6, 6.07) is 1.85. The number of ether oxygens (including phenoxy) is 2.